The first-order valence-corrected chi connectivity index (χ1v) is 5.90. The predicted octanol–water partition coefficient (Wildman–Crippen LogP) is 1.15. The smallest absolute Gasteiger partial charge is 0.375 e. The Morgan fingerprint density at radius 1 is 1.38 bits per heavy atom. The van der Waals surface area contributed by atoms with Crippen molar-refractivity contribution in [1.29, 1.82) is 5.26 Å². The second kappa shape index (κ2) is 3.86. The van der Waals surface area contributed by atoms with Crippen molar-refractivity contribution in [3.63, 3.8) is 0 Å². The fraction of sp³-hybridized carbons (Fsp3) is 0. The van der Waals surface area contributed by atoms with Crippen molar-refractivity contribution in [2.24, 2.45) is 0 Å². The lowest BCUT2D eigenvalue weighted by atomic mass is 10.2. The van der Waals surface area contributed by atoms with Gasteiger partial charge in [0.1, 0.15) is 11.8 Å². The average Bonchev–Trinajstić information content (AvgIpc) is 2.02. The number of rotatable bonds is 2. The van der Waals surface area contributed by atoms with Crippen LogP contribution in [0.3, 0.4) is 0 Å². The largest absolute Gasteiger partial charge is 0.423 e. The molecule has 1 aromatic rings. The molecule has 0 aromatic heterocycles. The molecule has 0 saturated carbocycles. The van der Waals surface area contributed by atoms with E-state index in [9.17, 15) is 0 Å². The van der Waals surface area contributed by atoms with Crippen molar-refractivity contribution in [2.75, 3.05) is 0 Å². The number of para-hydroxylation sites is 1. The molecule has 0 aliphatic carbocycles. The molecule has 68 valence electrons. The van der Waals surface area contributed by atoms with Crippen LogP contribution in [0.1, 0.15) is 5.56 Å². The van der Waals surface area contributed by atoms with Gasteiger partial charge in [0.2, 0.25) is 0 Å². The third-order valence-electron chi connectivity index (χ3n) is 1.22. The van der Waals surface area contributed by atoms with Crippen LogP contribution in [0.4, 0.5) is 0 Å². The highest BCUT2D eigenvalue weighted by molar-refractivity contribution is 8.06. The summed E-state index contributed by atoms with van der Waals surface area (Å²) in [6, 6.07) is 8.05. The van der Waals surface area contributed by atoms with E-state index in [0.717, 1.165) is 0 Å². The molecule has 0 aliphatic rings. The van der Waals surface area contributed by atoms with Gasteiger partial charge in [-0.25, -0.2) is 0 Å². The molecule has 0 radical (unpaired) electrons. The second-order valence-electron chi connectivity index (χ2n) is 2.19. The standard InChI is InChI=1S/C7H6NO3PS/c8-5-6-3-1-2-4-7(6)11-12(9,10)13/h1-4H,(H2,9,10,13). The van der Waals surface area contributed by atoms with Crippen molar-refractivity contribution in [2.45, 2.75) is 0 Å². The summed E-state index contributed by atoms with van der Waals surface area (Å²) in [5.74, 6) is 0.0957. The van der Waals surface area contributed by atoms with E-state index in [1.807, 2.05) is 6.07 Å². The van der Waals surface area contributed by atoms with Gasteiger partial charge in [0.15, 0.2) is 0 Å². The van der Waals surface area contributed by atoms with Crippen molar-refractivity contribution in [1.82, 2.24) is 0 Å². The van der Waals surface area contributed by atoms with E-state index in [1.54, 1.807) is 12.1 Å². The number of nitrogens with zero attached hydrogens (tertiary/aromatic N) is 1. The normalized spacial score (nSPS) is 10.5. The monoisotopic (exact) mass is 215 g/mol. The summed E-state index contributed by atoms with van der Waals surface area (Å²) in [4.78, 5) is 17.7. The minimum absolute atomic E-state index is 0.0957. The lowest BCUT2D eigenvalue weighted by molar-refractivity contribution is 0.370. The van der Waals surface area contributed by atoms with Crippen LogP contribution in [0.5, 0.6) is 5.75 Å². The molecule has 0 aliphatic heterocycles. The molecule has 0 heterocycles. The molecule has 0 unspecified atom stereocenters. The van der Waals surface area contributed by atoms with E-state index in [0.29, 0.717) is 0 Å². The van der Waals surface area contributed by atoms with E-state index in [2.05, 4.69) is 16.3 Å². The maximum absolute atomic E-state index is 8.84. The Kier molecular flexibility index (Phi) is 3.02. The zero-order chi connectivity index (χ0) is 9.90. The SMILES string of the molecule is N#Cc1ccccc1OP(O)(O)=S. The molecule has 1 aromatic carbocycles. The van der Waals surface area contributed by atoms with Gasteiger partial charge in [-0.1, -0.05) is 12.1 Å². The van der Waals surface area contributed by atoms with Gasteiger partial charge >= 0.3 is 6.72 Å². The van der Waals surface area contributed by atoms with Gasteiger partial charge in [0.05, 0.1) is 5.56 Å². The van der Waals surface area contributed by atoms with Crippen LogP contribution < -0.4 is 4.52 Å². The Bertz CT molecular complexity index is 395. The zero-order valence-electron chi connectivity index (χ0n) is 6.41. The second-order valence-corrected chi connectivity index (χ2v) is 4.78. The van der Waals surface area contributed by atoms with Crippen molar-refractivity contribution < 1.29 is 14.3 Å². The van der Waals surface area contributed by atoms with E-state index in [-0.39, 0.29) is 11.3 Å². The minimum atomic E-state index is -3.75. The minimum Gasteiger partial charge on any atom is -0.423 e. The number of hydrogen-bond acceptors (Lipinski definition) is 3. The zero-order valence-corrected chi connectivity index (χ0v) is 8.13. The first-order valence-electron chi connectivity index (χ1n) is 3.27. The lowest BCUT2D eigenvalue weighted by Gasteiger charge is -2.10. The highest BCUT2D eigenvalue weighted by Gasteiger charge is 2.12. The Morgan fingerprint density at radius 3 is 2.54 bits per heavy atom. The maximum Gasteiger partial charge on any atom is 0.375 e. The molecule has 2 N–H and O–H groups in total. The molecular weight excluding hydrogens is 209 g/mol. The molecule has 0 bridgehead atoms. The lowest BCUT2D eigenvalue weighted by Crippen LogP contribution is -1.91. The summed E-state index contributed by atoms with van der Waals surface area (Å²) in [5.41, 5.74) is 0.222. The van der Waals surface area contributed by atoms with Crippen LogP contribution in [0.15, 0.2) is 24.3 Å². The fourth-order valence-corrected chi connectivity index (χ4v) is 1.42. The summed E-state index contributed by atoms with van der Waals surface area (Å²) >= 11 is 4.27. The van der Waals surface area contributed by atoms with Crippen molar-refractivity contribution in [3.8, 4) is 11.8 Å². The third kappa shape index (κ3) is 3.13. The van der Waals surface area contributed by atoms with E-state index in [4.69, 9.17) is 15.0 Å². The summed E-state index contributed by atoms with van der Waals surface area (Å²) < 4.78 is 4.64. The number of benzene rings is 1. The summed E-state index contributed by atoms with van der Waals surface area (Å²) in [7, 11) is 0. The maximum atomic E-state index is 8.84. The number of nitriles is 1. The first-order chi connectivity index (χ1) is 6.03. The molecule has 0 saturated heterocycles. The van der Waals surface area contributed by atoms with Gasteiger partial charge in [-0.2, -0.15) is 5.26 Å². The quantitative estimate of drug-likeness (QED) is 0.724. The molecular formula is C7H6NO3PS. The molecule has 1 rings (SSSR count). The third-order valence-corrected chi connectivity index (χ3v) is 1.88. The summed E-state index contributed by atoms with van der Waals surface area (Å²) in [6.45, 7) is -3.75. The van der Waals surface area contributed by atoms with Crippen LogP contribution in [0, 0.1) is 11.3 Å². The topological polar surface area (TPSA) is 73.5 Å². The summed E-state index contributed by atoms with van der Waals surface area (Å²) in [5, 5.41) is 8.60. The molecule has 0 fully saturated rings. The molecule has 6 heteroatoms. The molecule has 13 heavy (non-hydrogen) atoms. The van der Waals surface area contributed by atoms with Crippen LogP contribution in [-0.4, -0.2) is 9.79 Å². The van der Waals surface area contributed by atoms with Crippen LogP contribution in [0.25, 0.3) is 0 Å². The Labute approximate surface area is 80.3 Å². The van der Waals surface area contributed by atoms with Gasteiger partial charge in [-0.15, -0.1) is 0 Å². The average molecular weight is 215 g/mol. The van der Waals surface area contributed by atoms with Crippen molar-refractivity contribution >= 4 is 18.5 Å². The molecule has 0 spiro atoms. The van der Waals surface area contributed by atoms with Gasteiger partial charge in [0, 0.05) is 11.8 Å². The van der Waals surface area contributed by atoms with Gasteiger partial charge in [-0.3, -0.25) is 0 Å². The fourth-order valence-electron chi connectivity index (χ4n) is 0.767. The van der Waals surface area contributed by atoms with Gasteiger partial charge in [-0.05, 0) is 12.1 Å². The Balaban J connectivity index is 3.03. The predicted molar refractivity (Wildman–Crippen MR) is 50.5 cm³/mol. The highest BCUT2D eigenvalue weighted by Crippen LogP contribution is 2.39. The van der Waals surface area contributed by atoms with Gasteiger partial charge in [0.25, 0.3) is 0 Å². The van der Waals surface area contributed by atoms with E-state index in [1.165, 1.54) is 12.1 Å². The molecule has 4 nitrogen and oxygen atoms in total. The van der Waals surface area contributed by atoms with Gasteiger partial charge < -0.3 is 14.3 Å². The van der Waals surface area contributed by atoms with E-state index >= 15 is 0 Å². The molecule has 0 atom stereocenters. The Morgan fingerprint density at radius 2 is 2.00 bits per heavy atom. The summed E-state index contributed by atoms with van der Waals surface area (Å²) in [6.07, 6.45) is 0. The van der Waals surface area contributed by atoms with Crippen molar-refractivity contribution in [3.05, 3.63) is 29.8 Å². The first kappa shape index (κ1) is 10.2. The molecule has 0 amide bonds. The Hall–Kier alpha value is -0.920. The van der Waals surface area contributed by atoms with Crippen LogP contribution >= 0.6 is 6.72 Å². The number of hydrogen-bond donors (Lipinski definition) is 2. The van der Waals surface area contributed by atoms with Crippen LogP contribution in [0.2, 0.25) is 0 Å². The van der Waals surface area contributed by atoms with E-state index < -0.39 is 6.72 Å². The van der Waals surface area contributed by atoms with Crippen LogP contribution in [-0.2, 0) is 11.8 Å². The highest BCUT2D eigenvalue weighted by atomic mass is 32.5.